The number of hydrogen-bond donors (Lipinski definition) is 2. The summed E-state index contributed by atoms with van der Waals surface area (Å²) in [6.07, 6.45) is -5.28. The molecule has 0 aromatic heterocycles. The number of halogens is 2. The summed E-state index contributed by atoms with van der Waals surface area (Å²) in [7, 11) is 0. The Morgan fingerprint density at radius 2 is 1.20 bits per heavy atom. The van der Waals surface area contributed by atoms with E-state index in [1.54, 1.807) is 0 Å². The first-order valence-corrected chi connectivity index (χ1v) is 2.33. The second-order valence-corrected chi connectivity index (χ2v) is 1.61. The third kappa shape index (κ3) is 1.96. The van der Waals surface area contributed by atoms with Crippen molar-refractivity contribution < 1.29 is 18.4 Å². The van der Waals surface area contributed by atoms with Gasteiger partial charge in [0, 0.05) is 0 Å². The highest BCUT2D eigenvalue weighted by molar-refractivity contribution is 5.89. The summed E-state index contributed by atoms with van der Waals surface area (Å²) in [6, 6.07) is 0. The summed E-state index contributed by atoms with van der Waals surface area (Å²) in [5.41, 5.74) is 8.63. The monoisotopic (exact) mass is 152 g/mol. The van der Waals surface area contributed by atoms with Crippen LogP contribution in [0, 0.1) is 0 Å². The third-order valence-corrected chi connectivity index (χ3v) is 0.801. The van der Waals surface area contributed by atoms with E-state index in [2.05, 4.69) is 11.5 Å². The van der Waals surface area contributed by atoms with Crippen molar-refractivity contribution in [1.82, 2.24) is 0 Å². The smallest absolute Gasteiger partial charge is 0.255 e. The molecule has 2 amide bonds. The van der Waals surface area contributed by atoms with Crippen molar-refractivity contribution >= 4 is 11.8 Å². The molecule has 0 aromatic carbocycles. The van der Waals surface area contributed by atoms with Gasteiger partial charge in [-0.2, -0.15) is 0 Å². The molecule has 6 heteroatoms. The van der Waals surface area contributed by atoms with Crippen LogP contribution in [0.15, 0.2) is 0 Å². The summed E-state index contributed by atoms with van der Waals surface area (Å²) in [5.74, 6) is -3.07. The summed E-state index contributed by atoms with van der Waals surface area (Å²) in [5, 5.41) is 0. The molecule has 0 radical (unpaired) electrons. The largest absolute Gasteiger partial charge is 0.367 e. The number of carbonyl (C=O) groups is 2. The zero-order valence-electron chi connectivity index (χ0n) is 4.88. The van der Waals surface area contributed by atoms with E-state index >= 15 is 0 Å². The maximum atomic E-state index is 12.0. The molecule has 0 bridgehead atoms. The minimum atomic E-state index is -2.64. The molecule has 0 aliphatic rings. The molecule has 0 spiro atoms. The summed E-state index contributed by atoms with van der Waals surface area (Å²) < 4.78 is 24.0. The molecule has 4 nitrogen and oxygen atoms in total. The lowest BCUT2D eigenvalue weighted by Crippen LogP contribution is -2.40. The van der Waals surface area contributed by atoms with Gasteiger partial charge in [-0.1, -0.05) is 0 Å². The van der Waals surface area contributed by atoms with Crippen LogP contribution in [-0.4, -0.2) is 24.2 Å². The Kier molecular flexibility index (Phi) is 2.72. The third-order valence-electron chi connectivity index (χ3n) is 0.801. The average Bonchev–Trinajstić information content (AvgIpc) is 1.84. The van der Waals surface area contributed by atoms with Crippen molar-refractivity contribution in [2.45, 2.75) is 12.3 Å². The van der Waals surface area contributed by atoms with E-state index in [1.807, 2.05) is 0 Å². The van der Waals surface area contributed by atoms with Crippen molar-refractivity contribution in [1.29, 1.82) is 0 Å². The second kappa shape index (κ2) is 3.09. The highest BCUT2D eigenvalue weighted by atomic mass is 19.2. The number of primary amides is 2. The van der Waals surface area contributed by atoms with E-state index in [0.717, 1.165) is 0 Å². The standard InChI is InChI=1S/C4H6F2N2O2/c5-1(3(7)9)2(6)4(8)10/h1-2H,(H2,7,9)(H2,8,10)/t1-,2-/m1/s1. The molecule has 0 aromatic rings. The zero-order chi connectivity index (χ0) is 8.31. The predicted molar refractivity (Wildman–Crippen MR) is 28.2 cm³/mol. The van der Waals surface area contributed by atoms with Gasteiger partial charge in [0.2, 0.25) is 12.3 Å². The van der Waals surface area contributed by atoms with Gasteiger partial charge in [0.05, 0.1) is 0 Å². The molecule has 0 saturated heterocycles. The van der Waals surface area contributed by atoms with E-state index in [0.29, 0.717) is 0 Å². The van der Waals surface area contributed by atoms with E-state index in [1.165, 1.54) is 0 Å². The Labute approximate surface area is 55.2 Å². The number of amides is 2. The van der Waals surface area contributed by atoms with Gasteiger partial charge in [-0.25, -0.2) is 8.78 Å². The fraction of sp³-hybridized carbons (Fsp3) is 0.500. The molecule has 0 rings (SSSR count). The summed E-state index contributed by atoms with van der Waals surface area (Å²) in [6.45, 7) is 0. The van der Waals surface area contributed by atoms with E-state index in [-0.39, 0.29) is 0 Å². The molecule has 0 fully saturated rings. The van der Waals surface area contributed by atoms with Gasteiger partial charge in [-0.15, -0.1) is 0 Å². The Morgan fingerprint density at radius 1 is 1.00 bits per heavy atom. The van der Waals surface area contributed by atoms with E-state index < -0.39 is 24.2 Å². The van der Waals surface area contributed by atoms with Gasteiger partial charge >= 0.3 is 0 Å². The normalized spacial score (nSPS) is 15.8. The van der Waals surface area contributed by atoms with Crippen molar-refractivity contribution in [2.75, 3.05) is 0 Å². The predicted octanol–water partition coefficient (Wildman–Crippen LogP) is -1.37. The maximum absolute atomic E-state index is 12.0. The van der Waals surface area contributed by atoms with Crippen molar-refractivity contribution in [3.8, 4) is 0 Å². The number of nitrogens with two attached hydrogens (primary N) is 2. The van der Waals surface area contributed by atoms with Crippen LogP contribution in [0.1, 0.15) is 0 Å². The lowest BCUT2D eigenvalue weighted by atomic mass is 10.2. The van der Waals surface area contributed by atoms with Crippen molar-refractivity contribution in [2.24, 2.45) is 11.5 Å². The minimum Gasteiger partial charge on any atom is -0.367 e. The fourth-order valence-electron chi connectivity index (χ4n) is 0.288. The molecular weight excluding hydrogens is 146 g/mol. The van der Waals surface area contributed by atoms with Gasteiger partial charge in [-0.05, 0) is 0 Å². The highest BCUT2D eigenvalue weighted by Crippen LogP contribution is 2.01. The zero-order valence-corrected chi connectivity index (χ0v) is 4.88. The minimum absolute atomic E-state index is 1.54. The van der Waals surface area contributed by atoms with Gasteiger partial charge in [0.15, 0.2) is 0 Å². The number of carbonyl (C=O) groups excluding carboxylic acids is 2. The summed E-state index contributed by atoms with van der Waals surface area (Å²) >= 11 is 0. The molecule has 0 heterocycles. The Balaban J connectivity index is 4.07. The Hall–Kier alpha value is -1.20. The molecule has 0 aliphatic heterocycles. The highest BCUT2D eigenvalue weighted by Gasteiger charge is 2.30. The lowest BCUT2D eigenvalue weighted by molar-refractivity contribution is -0.133. The van der Waals surface area contributed by atoms with Gasteiger partial charge in [0.25, 0.3) is 11.8 Å². The molecule has 0 saturated carbocycles. The first kappa shape index (κ1) is 8.80. The quantitative estimate of drug-likeness (QED) is 0.522. The molecule has 0 aliphatic carbocycles. The van der Waals surface area contributed by atoms with Gasteiger partial charge < -0.3 is 11.5 Å². The molecule has 10 heavy (non-hydrogen) atoms. The second-order valence-electron chi connectivity index (χ2n) is 1.61. The molecule has 4 N–H and O–H groups in total. The van der Waals surface area contributed by atoms with Gasteiger partial charge in [-0.3, -0.25) is 9.59 Å². The molecular formula is C4H6F2N2O2. The van der Waals surface area contributed by atoms with Crippen LogP contribution in [0.2, 0.25) is 0 Å². The van der Waals surface area contributed by atoms with Crippen molar-refractivity contribution in [3.63, 3.8) is 0 Å². The number of hydrogen-bond acceptors (Lipinski definition) is 2. The lowest BCUT2D eigenvalue weighted by Gasteiger charge is -2.04. The van der Waals surface area contributed by atoms with Crippen LogP contribution in [0.4, 0.5) is 8.78 Å². The van der Waals surface area contributed by atoms with Crippen LogP contribution in [-0.2, 0) is 9.59 Å². The molecule has 0 unspecified atom stereocenters. The Morgan fingerprint density at radius 3 is 1.30 bits per heavy atom. The maximum Gasteiger partial charge on any atom is 0.255 e. The van der Waals surface area contributed by atoms with Crippen LogP contribution in [0.25, 0.3) is 0 Å². The average molecular weight is 152 g/mol. The number of alkyl halides is 2. The topological polar surface area (TPSA) is 86.2 Å². The van der Waals surface area contributed by atoms with Crippen LogP contribution in [0.5, 0.6) is 0 Å². The van der Waals surface area contributed by atoms with Crippen LogP contribution in [0.3, 0.4) is 0 Å². The van der Waals surface area contributed by atoms with Gasteiger partial charge in [0.1, 0.15) is 0 Å². The van der Waals surface area contributed by atoms with Crippen LogP contribution >= 0.6 is 0 Å². The van der Waals surface area contributed by atoms with Crippen LogP contribution < -0.4 is 11.5 Å². The first-order valence-electron chi connectivity index (χ1n) is 2.33. The number of rotatable bonds is 3. The fourth-order valence-corrected chi connectivity index (χ4v) is 0.288. The van der Waals surface area contributed by atoms with E-state index in [4.69, 9.17) is 0 Å². The van der Waals surface area contributed by atoms with Crippen molar-refractivity contribution in [3.05, 3.63) is 0 Å². The molecule has 2 atom stereocenters. The summed E-state index contributed by atoms with van der Waals surface area (Å²) in [4.78, 5) is 19.7. The SMILES string of the molecule is NC(=O)[C@H](F)[C@@H](F)C(N)=O. The first-order chi connectivity index (χ1) is 4.46. The Bertz CT molecular complexity index is 143. The van der Waals surface area contributed by atoms with E-state index in [9.17, 15) is 18.4 Å². The molecule has 58 valence electrons.